The number of aryl methyl sites for hydroxylation is 1. The zero-order valence-corrected chi connectivity index (χ0v) is 16.7. The third kappa shape index (κ3) is 5.88. The number of methoxy groups -OCH3 is 2. The Bertz CT molecular complexity index is 584. The van der Waals surface area contributed by atoms with E-state index in [9.17, 15) is 4.79 Å². The van der Waals surface area contributed by atoms with Gasteiger partial charge in [0.1, 0.15) is 32.7 Å². The van der Waals surface area contributed by atoms with Gasteiger partial charge in [-0.15, -0.1) is 0 Å². The third-order valence-electron chi connectivity index (χ3n) is 5.21. The zero-order valence-electron chi connectivity index (χ0n) is 16.7. The van der Waals surface area contributed by atoms with Crippen molar-refractivity contribution in [3.05, 3.63) is 23.3 Å². The van der Waals surface area contributed by atoms with E-state index in [4.69, 9.17) is 9.47 Å². The number of carbonyl (C=O) groups excluding carboxylic acids is 1. The number of hydrogen-bond acceptors (Lipinski definition) is 3. The van der Waals surface area contributed by atoms with Gasteiger partial charge in [0.15, 0.2) is 18.0 Å². The van der Waals surface area contributed by atoms with E-state index in [0.717, 1.165) is 63.6 Å². The second-order valence-electron chi connectivity index (χ2n) is 7.19. The van der Waals surface area contributed by atoms with Gasteiger partial charge in [0, 0.05) is 12.1 Å². The molecule has 0 unspecified atom stereocenters. The summed E-state index contributed by atoms with van der Waals surface area (Å²) < 4.78 is 10.8. The van der Waals surface area contributed by atoms with Gasteiger partial charge in [-0.25, -0.2) is 0 Å². The maximum absolute atomic E-state index is 12.0. The van der Waals surface area contributed by atoms with Crippen LogP contribution < -0.4 is 24.6 Å². The summed E-state index contributed by atoms with van der Waals surface area (Å²) in [6.07, 6.45) is 2.18. The van der Waals surface area contributed by atoms with Gasteiger partial charge in [0.25, 0.3) is 5.91 Å². The standard InChI is InChI=1S/C20H33N3O3/c1-5-6-7-21-20(24)15-23-10-8-22(9-11-23)14-17-13-19(26-4)18(25-3)12-16(17)2/h12-13H,5-11,14-15H2,1-4H3,(H,21,24)/p+2. The Labute approximate surface area is 157 Å². The van der Waals surface area contributed by atoms with Gasteiger partial charge < -0.3 is 24.6 Å². The number of rotatable bonds is 9. The molecule has 1 aliphatic heterocycles. The van der Waals surface area contributed by atoms with Crippen LogP contribution >= 0.6 is 0 Å². The van der Waals surface area contributed by atoms with Crippen LogP contribution in [0.3, 0.4) is 0 Å². The third-order valence-corrected chi connectivity index (χ3v) is 5.21. The van der Waals surface area contributed by atoms with Gasteiger partial charge in [-0.1, -0.05) is 13.3 Å². The van der Waals surface area contributed by atoms with Gasteiger partial charge in [0.2, 0.25) is 0 Å². The van der Waals surface area contributed by atoms with Crippen molar-refractivity contribution in [1.82, 2.24) is 5.32 Å². The Morgan fingerprint density at radius 2 is 1.69 bits per heavy atom. The molecule has 146 valence electrons. The lowest BCUT2D eigenvalue weighted by Crippen LogP contribution is -3.28. The van der Waals surface area contributed by atoms with Crippen molar-refractivity contribution >= 4 is 5.91 Å². The van der Waals surface area contributed by atoms with Gasteiger partial charge in [-0.05, 0) is 31.0 Å². The number of unbranched alkanes of at least 4 members (excludes halogenated alkanes) is 1. The molecule has 0 aromatic heterocycles. The molecule has 3 N–H and O–H groups in total. The summed E-state index contributed by atoms with van der Waals surface area (Å²) in [5.41, 5.74) is 2.54. The Morgan fingerprint density at radius 1 is 1.08 bits per heavy atom. The lowest BCUT2D eigenvalue weighted by atomic mass is 10.1. The van der Waals surface area contributed by atoms with Crippen molar-refractivity contribution in [3.63, 3.8) is 0 Å². The van der Waals surface area contributed by atoms with Crippen molar-refractivity contribution in [3.8, 4) is 11.5 Å². The first kappa shape index (κ1) is 20.5. The number of ether oxygens (including phenoxy) is 2. The smallest absolute Gasteiger partial charge is 0.275 e. The molecular weight excluding hydrogens is 330 g/mol. The first-order chi connectivity index (χ1) is 12.6. The van der Waals surface area contributed by atoms with Crippen LogP contribution in [0.5, 0.6) is 11.5 Å². The number of piperazine rings is 1. The molecule has 2 rings (SSSR count). The fraction of sp³-hybridized carbons (Fsp3) is 0.650. The molecule has 0 spiro atoms. The first-order valence-electron chi connectivity index (χ1n) is 9.72. The summed E-state index contributed by atoms with van der Waals surface area (Å²) in [5.74, 6) is 1.76. The number of hydrogen-bond donors (Lipinski definition) is 3. The van der Waals surface area contributed by atoms with Crippen LogP contribution in [-0.4, -0.2) is 59.4 Å². The second-order valence-corrected chi connectivity index (χ2v) is 7.19. The van der Waals surface area contributed by atoms with Crippen molar-refractivity contribution in [1.29, 1.82) is 0 Å². The van der Waals surface area contributed by atoms with Crippen LogP contribution in [0.1, 0.15) is 30.9 Å². The molecule has 1 amide bonds. The Hall–Kier alpha value is -1.79. The molecule has 0 saturated carbocycles. The number of carbonyl (C=O) groups is 1. The summed E-state index contributed by atoms with van der Waals surface area (Å²) in [5, 5.41) is 3.02. The molecule has 1 heterocycles. The van der Waals surface area contributed by atoms with Gasteiger partial charge >= 0.3 is 0 Å². The highest BCUT2D eigenvalue weighted by Gasteiger charge is 2.25. The number of nitrogens with one attached hydrogen (secondary N) is 3. The molecular formula is C20H35N3O3+2. The number of amides is 1. The molecule has 6 nitrogen and oxygen atoms in total. The largest absolute Gasteiger partial charge is 0.493 e. The summed E-state index contributed by atoms with van der Waals surface area (Å²) in [6.45, 7) is 10.9. The Morgan fingerprint density at radius 3 is 2.31 bits per heavy atom. The number of quaternary nitrogens is 2. The average molecular weight is 366 g/mol. The van der Waals surface area contributed by atoms with Gasteiger partial charge in [-0.2, -0.15) is 0 Å². The summed E-state index contributed by atoms with van der Waals surface area (Å²) in [7, 11) is 3.35. The number of benzene rings is 1. The molecule has 26 heavy (non-hydrogen) atoms. The first-order valence-corrected chi connectivity index (χ1v) is 9.72. The highest BCUT2D eigenvalue weighted by atomic mass is 16.5. The molecule has 1 saturated heterocycles. The monoisotopic (exact) mass is 365 g/mol. The maximum atomic E-state index is 12.0. The zero-order chi connectivity index (χ0) is 18.9. The molecule has 1 aliphatic rings. The van der Waals surface area contributed by atoms with Gasteiger partial charge in [-0.3, -0.25) is 4.79 Å². The van der Waals surface area contributed by atoms with E-state index < -0.39 is 0 Å². The highest BCUT2D eigenvalue weighted by molar-refractivity contribution is 5.76. The molecule has 0 atom stereocenters. The molecule has 6 heteroatoms. The molecule has 1 aromatic carbocycles. The van der Waals surface area contributed by atoms with E-state index in [0.29, 0.717) is 6.54 Å². The van der Waals surface area contributed by atoms with Crippen molar-refractivity contribution in [2.45, 2.75) is 33.2 Å². The molecule has 0 radical (unpaired) electrons. The predicted octanol–water partition coefficient (Wildman–Crippen LogP) is -0.788. The van der Waals surface area contributed by atoms with E-state index >= 15 is 0 Å². The van der Waals surface area contributed by atoms with Crippen LogP contribution in [0.25, 0.3) is 0 Å². The predicted molar refractivity (Wildman–Crippen MR) is 102 cm³/mol. The summed E-state index contributed by atoms with van der Waals surface area (Å²) >= 11 is 0. The fourth-order valence-corrected chi connectivity index (χ4v) is 3.49. The second kappa shape index (κ2) is 10.4. The minimum absolute atomic E-state index is 0.188. The quantitative estimate of drug-likeness (QED) is 0.503. The van der Waals surface area contributed by atoms with Crippen molar-refractivity contribution in [2.75, 3.05) is 53.5 Å². The van der Waals surface area contributed by atoms with E-state index in [1.165, 1.54) is 16.0 Å². The van der Waals surface area contributed by atoms with Gasteiger partial charge in [0.05, 0.1) is 14.2 Å². The lowest BCUT2D eigenvalue weighted by molar-refractivity contribution is -1.02. The molecule has 0 aliphatic carbocycles. The van der Waals surface area contributed by atoms with Crippen molar-refractivity contribution in [2.24, 2.45) is 0 Å². The van der Waals surface area contributed by atoms with Crippen LogP contribution in [0, 0.1) is 6.92 Å². The SMILES string of the molecule is CCCCNC(=O)C[NH+]1CC[NH+](Cc2cc(OC)c(OC)cc2C)CC1. The van der Waals surface area contributed by atoms with Crippen LogP contribution in [0.2, 0.25) is 0 Å². The van der Waals surface area contributed by atoms with Crippen LogP contribution in [-0.2, 0) is 11.3 Å². The van der Waals surface area contributed by atoms with Crippen LogP contribution in [0.15, 0.2) is 12.1 Å². The van der Waals surface area contributed by atoms with E-state index in [-0.39, 0.29) is 5.91 Å². The molecule has 1 fully saturated rings. The van der Waals surface area contributed by atoms with E-state index in [1.807, 2.05) is 0 Å². The minimum Gasteiger partial charge on any atom is -0.493 e. The maximum Gasteiger partial charge on any atom is 0.275 e. The normalized spacial score (nSPS) is 19.8. The Balaban J connectivity index is 1.82. The fourth-order valence-electron chi connectivity index (χ4n) is 3.49. The lowest BCUT2D eigenvalue weighted by Gasteiger charge is -2.29. The van der Waals surface area contributed by atoms with Crippen LogP contribution in [0.4, 0.5) is 0 Å². The molecule has 1 aromatic rings. The Kier molecular flexibility index (Phi) is 8.19. The van der Waals surface area contributed by atoms with Crippen molar-refractivity contribution < 1.29 is 24.1 Å². The highest BCUT2D eigenvalue weighted by Crippen LogP contribution is 2.29. The summed E-state index contributed by atoms with van der Waals surface area (Å²) in [4.78, 5) is 14.9. The van der Waals surface area contributed by atoms with E-state index in [1.54, 1.807) is 19.1 Å². The van der Waals surface area contributed by atoms with E-state index in [2.05, 4.69) is 31.3 Å². The minimum atomic E-state index is 0.188. The summed E-state index contributed by atoms with van der Waals surface area (Å²) in [6, 6.07) is 4.15. The molecule has 0 bridgehead atoms. The average Bonchev–Trinajstić information content (AvgIpc) is 2.64. The topological polar surface area (TPSA) is 56.4 Å².